The first kappa shape index (κ1) is 22.2. The summed E-state index contributed by atoms with van der Waals surface area (Å²) in [4.78, 5) is 4.59. The van der Waals surface area contributed by atoms with E-state index in [1.165, 1.54) is 12.6 Å². The maximum Gasteiger partial charge on any atom is 0.215 e. The monoisotopic (exact) mass is 422 g/mol. The second-order valence-electron chi connectivity index (χ2n) is 6.28. The van der Waals surface area contributed by atoms with Gasteiger partial charge < -0.3 is 10.6 Å². The van der Waals surface area contributed by atoms with Crippen LogP contribution in [-0.2, 0) is 28.7 Å². The second kappa shape index (κ2) is 11.0. The van der Waals surface area contributed by atoms with Crippen LogP contribution in [0.5, 0.6) is 0 Å². The molecule has 0 fully saturated rings. The highest BCUT2D eigenvalue weighted by molar-refractivity contribution is 7.88. The Balaban J connectivity index is 1.90. The molecular weight excluding hydrogens is 396 g/mol. The van der Waals surface area contributed by atoms with Crippen molar-refractivity contribution in [2.75, 3.05) is 20.1 Å². The van der Waals surface area contributed by atoms with Crippen LogP contribution in [0, 0.1) is 0 Å². The molecule has 2 rings (SSSR count). The third-order valence-electron chi connectivity index (χ3n) is 4.05. The molecule has 0 aliphatic rings. The van der Waals surface area contributed by atoms with E-state index < -0.39 is 10.0 Å². The molecule has 0 aliphatic heterocycles. The molecule has 0 radical (unpaired) electrons. The summed E-state index contributed by atoms with van der Waals surface area (Å²) in [7, 11) is -1.84. The van der Waals surface area contributed by atoms with Gasteiger partial charge in [0.1, 0.15) is 0 Å². The lowest BCUT2D eigenvalue weighted by molar-refractivity contribution is 0.587. The molecule has 6 nitrogen and oxygen atoms in total. The van der Waals surface area contributed by atoms with Crippen molar-refractivity contribution in [1.29, 1.82) is 0 Å². The first-order valence-electron chi connectivity index (χ1n) is 9.17. The summed E-state index contributed by atoms with van der Waals surface area (Å²) < 4.78 is 25.5. The number of guanidine groups is 1. The minimum absolute atomic E-state index is 0.0270. The Morgan fingerprint density at radius 3 is 2.39 bits per heavy atom. The number of nitrogens with one attached hydrogen (secondary N) is 3. The summed E-state index contributed by atoms with van der Waals surface area (Å²) in [6, 6.07) is 15.3. The van der Waals surface area contributed by atoms with Gasteiger partial charge in [-0.1, -0.05) is 48.0 Å². The van der Waals surface area contributed by atoms with E-state index in [2.05, 4.69) is 20.3 Å². The van der Waals surface area contributed by atoms with E-state index in [9.17, 15) is 8.42 Å². The van der Waals surface area contributed by atoms with Crippen LogP contribution in [0.1, 0.15) is 23.6 Å². The standard InChI is InChI=1S/C20H27ClN4O2S/c1-3-23-20(24-12-11-16-5-4-6-19(21)13-16)25-14-17-7-9-18(10-8-17)15-28(26,27)22-2/h4-10,13,22H,3,11-12,14-15H2,1-2H3,(H2,23,24,25). The summed E-state index contributed by atoms with van der Waals surface area (Å²) in [6.07, 6.45) is 0.847. The van der Waals surface area contributed by atoms with Gasteiger partial charge in [0.25, 0.3) is 0 Å². The second-order valence-corrected chi connectivity index (χ2v) is 8.64. The van der Waals surface area contributed by atoms with E-state index in [0.717, 1.165) is 41.6 Å². The van der Waals surface area contributed by atoms with Gasteiger partial charge in [-0.2, -0.15) is 0 Å². The van der Waals surface area contributed by atoms with Gasteiger partial charge in [0, 0.05) is 18.1 Å². The van der Waals surface area contributed by atoms with Crippen LogP contribution < -0.4 is 15.4 Å². The number of rotatable bonds is 9. The summed E-state index contributed by atoms with van der Waals surface area (Å²) in [5.74, 6) is 0.715. The van der Waals surface area contributed by atoms with E-state index in [1.807, 2.05) is 55.5 Å². The Labute approximate surface area is 172 Å². The van der Waals surface area contributed by atoms with Gasteiger partial charge >= 0.3 is 0 Å². The van der Waals surface area contributed by atoms with Gasteiger partial charge in [-0.15, -0.1) is 0 Å². The molecule has 0 saturated heterocycles. The Morgan fingerprint density at radius 2 is 1.75 bits per heavy atom. The first-order valence-corrected chi connectivity index (χ1v) is 11.2. The van der Waals surface area contributed by atoms with Crippen LogP contribution >= 0.6 is 11.6 Å². The zero-order valence-corrected chi connectivity index (χ0v) is 17.8. The number of benzene rings is 2. The lowest BCUT2D eigenvalue weighted by Crippen LogP contribution is -2.38. The predicted molar refractivity (Wildman–Crippen MR) is 116 cm³/mol. The summed E-state index contributed by atoms with van der Waals surface area (Å²) in [5.41, 5.74) is 2.93. The molecule has 0 saturated carbocycles. The maximum absolute atomic E-state index is 11.6. The number of aliphatic imine (C=N–C) groups is 1. The SMILES string of the molecule is CCNC(=NCc1ccc(CS(=O)(=O)NC)cc1)NCCc1cccc(Cl)c1. The number of hydrogen-bond donors (Lipinski definition) is 3. The van der Waals surface area contributed by atoms with Crippen molar-refractivity contribution in [3.63, 3.8) is 0 Å². The van der Waals surface area contributed by atoms with Crippen molar-refractivity contribution >= 4 is 27.6 Å². The highest BCUT2D eigenvalue weighted by atomic mass is 35.5. The lowest BCUT2D eigenvalue weighted by Gasteiger charge is -2.11. The molecule has 0 bridgehead atoms. The van der Waals surface area contributed by atoms with E-state index >= 15 is 0 Å². The molecule has 0 spiro atoms. The van der Waals surface area contributed by atoms with E-state index in [1.54, 1.807) is 0 Å². The molecule has 2 aromatic rings. The average molecular weight is 423 g/mol. The quantitative estimate of drug-likeness (QED) is 0.428. The maximum atomic E-state index is 11.6. The van der Waals surface area contributed by atoms with Crippen LogP contribution in [0.25, 0.3) is 0 Å². The van der Waals surface area contributed by atoms with Crippen molar-refractivity contribution in [1.82, 2.24) is 15.4 Å². The fourth-order valence-electron chi connectivity index (χ4n) is 2.56. The van der Waals surface area contributed by atoms with Crippen molar-refractivity contribution in [2.45, 2.75) is 25.6 Å². The molecule has 0 unspecified atom stereocenters. The highest BCUT2D eigenvalue weighted by Crippen LogP contribution is 2.11. The average Bonchev–Trinajstić information content (AvgIpc) is 2.67. The van der Waals surface area contributed by atoms with Gasteiger partial charge in [0.05, 0.1) is 12.3 Å². The van der Waals surface area contributed by atoms with Gasteiger partial charge in [0.15, 0.2) is 5.96 Å². The van der Waals surface area contributed by atoms with Crippen molar-refractivity contribution in [3.8, 4) is 0 Å². The van der Waals surface area contributed by atoms with E-state index in [4.69, 9.17) is 11.6 Å². The fraction of sp³-hybridized carbons (Fsp3) is 0.350. The van der Waals surface area contributed by atoms with E-state index in [-0.39, 0.29) is 5.75 Å². The number of nitrogens with zero attached hydrogens (tertiary/aromatic N) is 1. The Hall–Kier alpha value is -2.09. The largest absolute Gasteiger partial charge is 0.357 e. The van der Waals surface area contributed by atoms with E-state index in [0.29, 0.717) is 6.54 Å². The van der Waals surface area contributed by atoms with Crippen molar-refractivity contribution in [3.05, 3.63) is 70.2 Å². The minimum atomic E-state index is -3.26. The normalized spacial score (nSPS) is 12.0. The molecule has 0 aromatic heterocycles. The van der Waals surface area contributed by atoms with Crippen molar-refractivity contribution in [2.24, 2.45) is 4.99 Å². The molecular formula is C20H27ClN4O2S. The topological polar surface area (TPSA) is 82.6 Å². The van der Waals surface area contributed by atoms with Crippen LogP contribution in [0.2, 0.25) is 5.02 Å². The predicted octanol–water partition coefficient (Wildman–Crippen LogP) is 2.69. The molecule has 0 heterocycles. The highest BCUT2D eigenvalue weighted by Gasteiger charge is 2.08. The third-order valence-corrected chi connectivity index (χ3v) is 5.62. The molecule has 0 atom stereocenters. The fourth-order valence-corrected chi connectivity index (χ4v) is 3.55. The molecule has 8 heteroatoms. The number of halogens is 1. The molecule has 28 heavy (non-hydrogen) atoms. The molecule has 0 aliphatic carbocycles. The van der Waals surface area contributed by atoms with Gasteiger partial charge in [0.2, 0.25) is 10.0 Å². The summed E-state index contributed by atoms with van der Waals surface area (Å²) >= 11 is 6.02. The molecule has 3 N–H and O–H groups in total. The Kier molecular flexibility index (Phi) is 8.76. The lowest BCUT2D eigenvalue weighted by atomic mass is 10.1. The Morgan fingerprint density at radius 1 is 1.04 bits per heavy atom. The minimum Gasteiger partial charge on any atom is -0.357 e. The van der Waals surface area contributed by atoms with Crippen LogP contribution in [-0.4, -0.2) is 34.5 Å². The number of sulfonamides is 1. The van der Waals surface area contributed by atoms with Crippen LogP contribution in [0.3, 0.4) is 0 Å². The van der Waals surface area contributed by atoms with Gasteiger partial charge in [-0.05, 0) is 49.2 Å². The Bertz CT molecular complexity index is 883. The zero-order chi connectivity index (χ0) is 20.4. The molecule has 152 valence electrons. The smallest absolute Gasteiger partial charge is 0.215 e. The van der Waals surface area contributed by atoms with Gasteiger partial charge in [-0.3, -0.25) is 0 Å². The number of hydrogen-bond acceptors (Lipinski definition) is 3. The molecule has 0 amide bonds. The summed E-state index contributed by atoms with van der Waals surface area (Å²) in [6.45, 7) is 4.04. The van der Waals surface area contributed by atoms with Gasteiger partial charge in [-0.25, -0.2) is 18.1 Å². The van der Waals surface area contributed by atoms with Crippen LogP contribution in [0.4, 0.5) is 0 Å². The van der Waals surface area contributed by atoms with Crippen LogP contribution in [0.15, 0.2) is 53.5 Å². The molecule has 2 aromatic carbocycles. The first-order chi connectivity index (χ1) is 13.4. The zero-order valence-electron chi connectivity index (χ0n) is 16.2. The van der Waals surface area contributed by atoms with Crippen molar-refractivity contribution < 1.29 is 8.42 Å². The summed E-state index contributed by atoms with van der Waals surface area (Å²) in [5, 5.41) is 7.28. The third kappa shape index (κ3) is 7.88.